The molecule has 2 aromatic rings. The second-order valence-electron chi connectivity index (χ2n) is 6.81. The van der Waals surface area contributed by atoms with Gasteiger partial charge in [0, 0.05) is 5.69 Å². The van der Waals surface area contributed by atoms with Crippen LogP contribution in [0.1, 0.15) is 48.4 Å². The SMILES string of the molecule is CC(C)C(NC(=O)c1ccco1)C(=O)Nc1cccc2c1CCCC2. The van der Waals surface area contributed by atoms with Gasteiger partial charge in [-0.3, -0.25) is 9.59 Å². The third-order valence-corrected chi connectivity index (χ3v) is 4.63. The van der Waals surface area contributed by atoms with Crippen molar-refractivity contribution in [2.75, 3.05) is 5.32 Å². The summed E-state index contributed by atoms with van der Waals surface area (Å²) in [5, 5.41) is 5.79. The fourth-order valence-electron chi connectivity index (χ4n) is 3.26. The standard InChI is InChI=1S/C20H24N2O3/c1-13(2)18(22-19(23)17-11-6-12-25-17)20(24)21-16-10-5-8-14-7-3-4-9-15(14)16/h5-6,8,10-13,18H,3-4,7,9H2,1-2H3,(H,21,24)(H,22,23). The number of rotatable bonds is 5. The number of aryl methyl sites for hydroxylation is 1. The number of nitrogens with one attached hydrogen (secondary N) is 2. The Morgan fingerprint density at radius 3 is 2.60 bits per heavy atom. The Morgan fingerprint density at radius 1 is 1.08 bits per heavy atom. The van der Waals surface area contributed by atoms with Crippen molar-refractivity contribution in [3.8, 4) is 0 Å². The number of carbonyl (C=O) groups excluding carboxylic acids is 2. The van der Waals surface area contributed by atoms with Gasteiger partial charge in [0.15, 0.2) is 5.76 Å². The van der Waals surface area contributed by atoms with Gasteiger partial charge in [0.05, 0.1) is 6.26 Å². The molecule has 5 heteroatoms. The molecule has 0 spiro atoms. The first kappa shape index (κ1) is 17.3. The zero-order valence-corrected chi connectivity index (χ0v) is 14.7. The van der Waals surface area contributed by atoms with E-state index in [2.05, 4.69) is 16.7 Å². The minimum Gasteiger partial charge on any atom is -0.459 e. The third kappa shape index (κ3) is 3.92. The van der Waals surface area contributed by atoms with Gasteiger partial charge in [-0.2, -0.15) is 0 Å². The van der Waals surface area contributed by atoms with Gasteiger partial charge >= 0.3 is 0 Å². The highest BCUT2D eigenvalue weighted by molar-refractivity contribution is 6.00. The fraction of sp³-hybridized carbons (Fsp3) is 0.400. The first-order valence-electron chi connectivity index (χ1n) is 8.82. The molecule has 132 valence electrons. The summed E-state index contributed by atoms with van der Waals surface area (Å²) in [6, 6.07) is 8.65. The van der Waals surface area contributed by atoms with Crippen LogP contribution in [0.4, 0.5) is 5.69 Å². The van der Waals surface area contributed by atoms with Crippen LogP contribution >= 0.6 is 0 Å². The zero-order valence-electron chi connectivity index (χ0n) is 14.7. The van der Waals surface area contributed by atoms with E-state index in [0.29, 0.717) is 0 Å². The molecule has 25 heavy (non-hydrogen) atoms. The minimum atomic E-state index is -0.628. The lowest BCUT2D eigenvalue weighted by atomic mass is 9.90. The molecular weight excluding hydrogens is 316 g/mol. The molecule has 1 heterocycles. The Morgan fingerprint density at radius 2 is 1.88 bits per heavy atom. The maximum Gasteiger partial charge on any atom is 0.287 e. The highest BCUT2D eigenvalue weighted by Gasteiger charge is 2.26. The molecule has 1 aromatic heterocycles. The predicted molar refractivity (Wildman–Crippen MR) is 96.5 cm³/mol. The van der Waals surface area contributed by atoms with Crippen molar-refractivity contribution in [2.45, 2.75) is 45.6 Å². The molecule has 0 aliphatic heterocycles. The van der Waals surface area contributed by atoms with Crippen molar-refractivity contribution in [1.29, 1.82) is 0 Å². The Labute approximate surface area is 147 Å². The van der Waals surface area contributed by atoms with Crippen molar-refractivity contribution >= 4 is 17.5 Å². The number of hydrogen-bond acceptors (Lipinski definition) is 3. The minimum absolute atomic E-state index is 0.0431. The quantitative estimate of drug-likeness (QED) is 0.874. The summed E-state index contributed by atoms with van der Waals surface area (Å²) in [6.07, 6.45) is 5.81. The van der Waals surface area contributed by atoms with Crippen molar-refractivity contribution < 1.29 is 14.0 Å². The molecule has 3 rings (SSSR count). The van der Waals surface area contributed by atoms with Gasteiger partial charge in [-0.25, -0.2) is 0 Å². The van der Waals surface area contributed by atoms with E-state index in [1.54, 1.807) is 12.1 Å². The van der Waals surface area contributed by atoms with Gasteiger partial charge in [-0.1, -0.05) is 26.0 Å². The summed E-state index contributed by atoms with van der Waals surface area (Å²) in [7, 11) is 0. The smallest absolute Gasteiger partial charge is 0.287 e. The molecule has 2 amide bonds. The summed E-state index contributed by atoms with van der Waals surface area (Å²) < 4.78 is 5.10. The van der Waals surface area contributed by atoms with E-state index in [4.69, 9.17) is 4.42 Å². The molecule has 1 aliphatic rings. The number of anilines is 1. The van der Waals surface area contributed by atoms with Gasteiger partial charge in [0.25, 0.3) is 5.91 Å². The van der Waals surface area contributed by atoms with Crippen LogP contribution < -0.4 is 10.6 Å². The first-order chi connectivity index (χ1) is 12.1. The number of furan rings is 1. The van der Waals surface area contributed by atoms with Crippen molar-refractivity contribution in [1.82, 2.24) is 5.32 Å². The zero-order chi connectivity index (χ0) is 17.8. The van der Waals surface area contributed by atoms with Gasteiger partial charge in [0.1, 0.15) is 6.04 Å². The van der Waals surface area contributed by atoms with Crippen LogP contribution in [0.5, 0.6) is 0 Å². The molecular formula is C20H24N2O3. The fourth-order valence-corrected chi connectivity index (χ4v) is 3.26. The average Bonchev–Trinajstić information content (AvgIpc) is 3.14. The number of carbonyl (C=O) groups is 2. The summed E-state index contributed by atoms with van der Waals surface area (Å²) in [5.41, 5.74) is 3.40. The van der Waals surface area contributed by atoms with Crippen LogP contribution in [0.15, 0.2) is 41.0 Å². The van der Waals surface area contributed by atoms with Crippen LogP contribution in [-0.2, 0) is 17.6 Å². The maximum atomic E-state index is 12.8. The first-order valence-corrected chi connectivity index (χ1v) is 8.82. The largest absolute Gasteiger partial charge is 0.459 e. The molecule has 0 radical (unpaired) electrons. The summed E-state index contributed by atoms with van der Waals surface area (Å²) in [5.74, 6) is -0.420. The van der Waals surface area contributed by atoms with Crippen molar-refractivity contribution in [3.63, 3.8) is 0 Å². The molecule has 0 saturated carbocycles. The van der Waals surface area contributed by atoms with E-state index in [0.717, 1.165) is 24.9 Å². The predicted octanol–water partition coefficient (Wildman–Crippen LogP) is 3.55. The molecule has 0 fully saturated rings. The summed E-state index contributed by atoms with van der Waals surface area (Å²) in [6.45, 7) is 3.82. The van der Waals surface area contributed by atoms with E-state index >= 15 is 0 Å². The maximum absolute atomic E-state index is 12.8. The molecule has 0 saturated heterocycles. The number of amides is 2. The molecule has 5 nitrogen and oxygen atoms in total. The monoisotopic (exact) mass is 340 g/mol. The van der Waals surface area contributed by atoms with Crippen LogP contribution in [0, 0.1) is 5.92 Å². The number of fused-ring (bicyclic) bond motifs is 1. The summed E-state index contributed by atoms with van der Waals surface area (Å²) >= 11 is 0. The molecule has 0 bridgehead atoms. The molecule has 1 unspecified atom stereocenters. The lowest BCUT2D eigenvalue weighted by molar-refractivity contribution is -0.118. The normalized spacial score (nSPS) is 14.7. The van der Waals surface area contributed by atoms with Crippen LogP contribution in [0.2, 0.25) is 0 Å². The summed E-state index contributed by atoms with van der Waals surface area (Å²) in [4.78, 5) is 25.0. The topological polar surface area (TPSA) is 71.3 Å². The highest BCUT2D eigenvalue weighted by atomic mass is 16.3. The second-order valence-corrected chi connectivity index (χ2v) is 6.81. The van der Waals surface area contributed by atoms with E-state index in [1.165, 1.54) is 23.8 Å². The molecule has 1 atom stereocenters. The average molecular weight is 340 g/mol. The van der Waals surface area contributed by atoms with Crippen molar-refractivity contribution in [3.05, 3.63) is 53.5 Å². The van der Waals surface area contributed by atoms with E-state index in [9.17, 15) is 9.59 Å². The van der Waals surface area contributed by atoms with E-state index in [-0.39, 0.29) is 23.5 Å². The Kier molecular flexibility index (Phi) is 5.22. The Balaban J connectivity index is 1.74. The van der Waals surface area contributed by atoms with E-state index in [1.807, 2.05) is 26.0 Å². The Hall–Kier alpha value is -2.56. The highest BCUT2D eigenvalue weighted by Crippen LogP contribution is 2.28. The van der Waals surface area contributed by atoms with Gasteiger partial charge in [0.2, 0.25) is 5.91 Å². The number of benzene rings is 1. The van der Waals surface area contributed by atoms with Crippen LogP contribution in [-0.4, -0.2) is 17.9 Å². The van der Waals surface area contributed by atoms with Crippen LogP contribution in [0.3, 0.4) is 0 Å². The van der Waals surface area contributed by atoms with Gasteiger partial charge < -0.3 is 15.1 Å². The molecule has 2 N–H and O–H groups in total. The van der Waals surface area contributed by atoms with Crippen molar-refractivity contribution in [2.24, 2.45) is 5.92 Å². The third-order valence-electron chi connectivity index (χ3n) is 4.63. The molecule has 1 aromatic carbocycles. The molecule has 1 aliphatic carbocycles. The van der Waals surface area contributed by atoms with E-state index < -0.39 is 6.04 Å². The lowest BCUT2D eigenvalue weighted by Gasteiger charge is -2.24. The lowest BCUT2D eigenvalue weighted by Crippen LogP contribution is -2.47. The van der Waals surface area contributed by atoms with Gasteiger partial charge in [-0.05, 0) is 60.9 Å². The second kappa shape index (κ2) is 7.55. The number of hydrogen-bond donors (Lipinski definition) is 2. The van der Waals surface area contributed by atoms with Gasteiger partial charge in [-0.15, -0.1) is 0 Å². The Bertz CT molecular complexity index is 750. The van der Waals surface area contributed by atoms with Crippen LogP contribution in [0.25, 0.3) is 0 Å².